The first-order chi connectivity index (χ1) is 9.44. The zero-order valence-electron chi connectivity index (χ0n) is 13.7. The monoisotopic (exact) mass is 278 g/mol. The highest BCUT2D eigenvalue weighted by Crippen LogP contribution is 2.29. The van der Waals surface area contributed by atoms with E-state index >= 15 is 0 Å². The lowest BCUT2D eigenvalue weighted by atomic mass is 9.85. The molecule has 1 fully saturated rings. The largest absolute Gasteiger partial charge is 0.308 e. The summed E-state index contributed by atoms with van der Waals surface area (Å²) in [6.07, 6.45) is 6.53. The van der Waals surface area contributed by atoms with Crippen LogP contribution in [0.3, 0.4) is 0 Å². The molecule has 0 spiro atoms. The van der Waals surface area contributed by atoms with Gasteiger partial charge in [0.05, 0.1) is 6.20 Å². The summed E-state index contributed by atoms with van der Waals surface area (Å²) in [7, 11) is 0. The fourth-order valence-electron chi connectivity index (χ4n) is 2.90. The number of nitrogens with zero attached hydrogens (tertiary/aromatic N) is 3. The number of aryl methyl sites for hydroxylation is 1. The molecule has 0 bridgehead atoms. The van der Waals surface area contributed by atoms with Gasteiger partial charge in [0.1, 0.15) is 0 Å². The van der Waals surface area contributed by atoms with E-state index in [1.165, 1.54) is 12.0 Å². The molecular formula is C16H30N4. The molecular weight excluding hydrogens is 248 g/mol. The van der Waals surface area contributed by atoms with Crippen LogP contribution >= 0.6 is 0 Å². The highest BCUT2D eigenvalue weighted by molar-refractivity contribution is 5.08. The van der Waals surface area contributed by atoms with Crippen LogP contribution in [-0.2, 0) is 13.1 Å². The van der Waals surface area contributed by atoms with Crippen LogP contribution < -0.4 is 5.32 Å². The number of rotatable bonds is 5. The predicted octanol–water partition coefficient (Wildman–Crippen LogP) is 2.65. The summed E-state index contributed by atoms with van der Waals surface area (Å²) < 4.78 is 2.01. The molecule has 20 heavy (non-hydrogen) atoms. The highest BCUT2D eigenvalue weighted by Gasteiger charge is 2.40. The minimum Gasteiger partial charge on any atom is -0.308 e. The Bertz CT molecular complexity index is 441. The molecule has 4 nitrogen and oxygen atoms in total. The van der Waals surface area contributed by atoms with Crippen molar-refractivity contribution in [3.05, 3.63) is 18.0 Å². The summed E-state index contributed by atoms with van der Waals surface area (Å²) in [4.78, 5) is 2.64. The minimum atomic E-state index is 0.232. The second-order valence-corrected chi connectivity index (χ2v) is 6.68. The van der Waals surface area contributed by atoms with E-state index in [1.54, 1.807) is 0 Å². The van der Waals surface area contributed by atoms with Gasteiger partial charge in [0.2, 0.25) is 0 Å². The third-order valence-corrected chi connectivity index (χ3v) is 5.13. The van der Waals surface area contributed by atoms with Crippen molar-refractivity contribution >= 4 is 0 Å². The van der Waals surface area contributed by atoms with Gasteiger partial charge in [0.25, 0.3) is 0 Å². The molecule has 114 valence electrons. The Kier molecular flexibility index (Phi) is 4.55. The van der Waals surface area contributed by atoms with Gasteiger partial charge in [0, 0.05) is 49.0 Å². The van der Waals surface area contributed by atoms with E-state index in [1.807, 2.05) is 10.9 Å². The van der Waals surface area contributed by atoms with Crippen LogP contribution in [0.2, 0.25) is 0 Å². The second kappa shape index (κ2) is 5.86. The molecule has 2 rings (SSSR count). The molecule has 0 aromatic carbocycles. The maximum Gasteiger partial charge on any atom is 0.0534 e. The Morgan fingerprint density at radius 1 is 1.25 bits per heavy atom. The van der Waals surface area contributed by atoms with Crippen molar-refractivity contribution in [2.45, 2.75) is 71.6 Å². The summed E-state index contributed by atoms with van der Waals surface area (Å²) in [6, 6.07) is 0. The molecule has 2 unspecified atom stereocenters. The van der Waals surface area contributed by atoms with Crippen molar-refractivity contribution in [2.75, 3.05) is 13.1 Å². The molecule has 1 aromatic rings. The number of aromatic nitrogens is 2. The number of hydrogen-bond donors (Lipinski definition) is 1. The predicted molar refractivity (Wildman–Crippen MR) is 83.7 cm³/mol. The van der Waals surface area contributed by atoms with Gasteiger partial charge >= 0.3 is 0 Å². The number of nitrogens with one attached hydrogen (secondary N) is 1. The van der Waals surface area contributed by atoms with E-state index in [9.17, 15) is 0 Å². The van der Waals surface area contributed by atoms with Gasteiger partial charge in [-0.05, 0) is 33.6 Å². The molecule has 1 saturated heterocycles. The van der Waals surface area contributed by atoms with Gasteiger partial charge in [-0.2, -0.15) is 5.10 Å². The van der Waals surface area contributed by atoms with Crippen LogP contribution in [0.5, 0.6) is 0 Å². The summed E-state index contributed by atoms with van der Waals surface area (Å²) in [5, 5.41) is 8.16. The van der Waals surface area contributed by atoms with Gasteiger partial charge in [-0.15, -0.1) is 0 Å². The topological polar surface area (TPSA) is 33.1 Å². The number of piperazine rings is 1. The standard InChI is InChI=1S/C16H30N4/c1-6-15(4)13-19(16(5,7-2)12-17-15)10-14-9-18-20(8-3)11-14/h9,11,17H,6-8,10,12-13H2,1-5H3. The molecule has 2 heterocycles. The Morgan fingerprint density at radius 2 is 2.00 bits per heavy atom. The van der Waals surface area contributed by atoms with Crippen LogP contribution in [-0.4, -0.2) is 38.8 Å². The average Bonchev–Trinajstić information content (AvgIpc) is 2.91. The van der Waals surface area contributed by atoms with E-state index in [0.29, 0.717) is 0 Å². The molecule has 1 aliphatic heterocycles. The van der Waals surface area contributed by atoms with Crippen molar-refractivity contribution in [1.82, 2.24) is 20.0 Å². The summed E-state index contributed by atoms with van der Waals surface area (Å²) in [6.45, 7) is 15.5. The van der Waals surface area contributed by atoms with E-state index in [0.717, 1.165) is 32.6 Å². The van der Waals surface area contributed by atoms with Crippen molar-refractivity contribution in [1.29, 1.82) is 0 Å². The molecule has 1 N–H and O–H groups in total. The summed E-state index contributed by atoms with van der Waals surface area (Å²) in [5.41, 5.74) is 1.80. The molecule has 1 aromatic heterocycles. The van der Waals surface area contributed by atoms with Crippen LogP contribution in [0, 0.1) is 0 Å². The molecule has 4 heteroatoms. The zero-order chi connectivity index (χ0) is 14.8. The first-order valence-electron chi connectivity index (χ1n) is 7.96. The van der Waals surface area contributed by atoms with E-state index in [-0.39, 0.29) is 11.1 Å². The zero-order valence-corrected chi connectivity index (χ0v) is 13.7. The Balaban J connectivity index is 2.15. The van der Waals surface area contributed by atoms with Crippen LogP contribution in [0.25, 0.3) is 0 Å². The molecule has 1 aliphatic rings. The fourth-order valence-corrected chi connectivity index (χ4v) is 2.90. The van der Waals surface area contributed by atoms with E-state index in [4.69, 9.17) is 0 Å². The first-order valence-corrected chi connectivity index (χ1v) is 7.96. The number of hydrogen-bond acceptors (Lipinski definition) is 3. The van der Waals surface area contributed by atoms with Gasteiger partial charge in [-0.1, -0.05) is 13.8 Å². The minimum absolute atomic E-state index is 0.232. The lowest BCUT2D eigenvalue weighted by Gasteiger charge is -2.52. The van der Waals surface area contributed by atoms with Gasteiger partial charge in [-0.25, -0.2) is 0 Å². The quantitative estimate of drug-likeness (QED) is 0.899. The highest BCUT2D eigenvalue weighted by atomic mass is 15.3. The molecule has 0 radical (unpaired) electrons. The van der Waals surface area contributed by atoms with Gasteiger partial charge < -0.3 is 5.32 Å². The summed E-state index contributed by atoms with van der Waals surface area (Å²) in [5.74, 6) is 0. The van der Waals surface area contributed by atoms with Crippen molar-refractivity contribution in [3.63, 3.8) is 0 Å². The fraction of sp³-hybridized carbons (Fsp3) is 0.812. The maximum absolute atomic E-state index is 4.40. The molecule has 0 amide bonds. The second-order valence-electron chi connectivity index (χ2n) is 6.68. The van der Waals surface area contributed by atoms with Crippen molar-refractivity contribution in [3.8, 4) is 0 Å². The first kappa shape index (κ1) is 15.5. The lowest BCUT2D eigenvalue weighted by molar-refractivity contribution is 0.0104. The Hall–Kier alpha value is -0.870. The maximum atomic E-state index is 4.40. The molecule has 0 aliphatic carbocycles. The van der Waals surface area contributed by atoms with Crippen LogP contribution in [0.4, 0.5) is 0 Å². The van der Waals surface area contributed by atoms with Crippen molar-refractivity contribution < 1.29 is 0 Å². The SMILES string of the molecule is CCn1cc(CN2CC(C)(CC)NCC2(C)CC)cn1. The van der Waals surface area contributed by atoms with Gasteiger partial charge in [-0.3, -0.25) is 9.58 Å². The van der Waals surface area contributed by atoms with Crippen LogP contribution in [0.15, 0.2) is 12.4 Å². The Morgan fingerprint density at radius 3 is 2.55 bits per heavy atom. The lowest BCUT2D eigenvalue weighted by Crippen LogP contribution is -2.67. The van der Waals surface area contributed by atoms with Crippen LogP contribution in [0.1, 0.15) is 53.0 Å². The summed E-state index contributed by atoms with van der Waals surface area (Å²) >= 11 is 0. The molecule has 0 saturated carbocycles. The van der Waals surface area contributed by atoms with Crippen molar-refractivity contribution in [2.24, 2.45) is 0 Å². The van der Waals surface area contributed by atoms with Gasteiger partial charge in [0.15, 0.2) is 0 Å². The third kappa shape index (κ3) is 3.07. The average molecular weight is 278 g/mol. The third-order valence-electron chi connectivity index (χ3n) is 5.13. The normalized spacial score (nSPS) is 31.6. The smallest absolute Gasteiger partial charge is 0.0534 e. The Labute approximate surface area is 123 Å². The van der Waals surface area contributed by atoms with E-state index < -0.39 is 0 Å². The van der Waals surface area contributed by atoms with E-state index in [2.05, 4.69) is 56.1 Å². The molecule has 2 atom stereocenters.